The molecule has 0 fully saturated rings. The second kappa shape index (κ2) is 16.6. The van der Waals surface area contributed by atoms with Crippen molar-refractivity contribution in [2.75, 3.05) is 0 Å². The zero-order chi connectivity index (χ0) is 4.12. The van der Waals surface area contributed by atoms with E-state index in [-0.39, 0.29) is 138 Å². The maximum absolute atomic E-state index is 9.11. The van der Waals surface area contributed by atoms with Crippen LogP contribution in [0.15, 0.2) is 0 Å². The molecule has 0 bridgehead atoms. The molecule has 0 heterocycles. The quantitative estimate of drug-likeness (QED) is 0.470. The van der Waals surface area contributed by atoms with E-state index < -0.39 is 15.4 Å². The van der Waals surface area contributed by atoms with Crippen molar-refractivity contribution in [3.05, 3.63) is 0 Å². The molecule has 0 spiro atoms. The molecule has 0 aromatic carbocycles. The van der Waals surface area contributed by atoms with E-state index in [0.717, 1.165) is 0 Å². The molecule has 0 rings (SSSR count). The molecule has 0 aliphatic heterocycles. The van der Waals surface area contributed by atoms with Gasteiger partial charge in [0.15, 0.2) is 0 Å². The summed E-state index contributed by atoms with van der Waals surface area (Å²) in [6, 6.07) is 0. The normalized spacial score (nSPS) is 4.86. The topological polar surface area (TPSA) is 55.3 Å². The van der Waals surface area contributed by atoms with Gasteiger partial charge in [-0.3, -0.25) is 0 Å². The first-order valence-corrected chi connectivity index (χ1v) is 1.15. The van der Waals surface area contributed by atoms with E-state index in [1.165, 1.54) is 0 Å². The maximum atomic E-state index is 9.11. The van der Waals surface area contributed by atoms with Crippen LogP contribution in [0.4, 0.5) is 0 Å². The molecule has 0 N–H and O–H groups in total. The SMILES string of the molecule is [Cs+].[Cs+].[O-]BOB[O-]. The van der Waals surface area contributed by atoms with Gasteiger partial charge in [0.2, 0.25) is 0 Å². The Morgan fingerprint density at radius 2 is 1.29 bits per heavy atom. The molecule has 0 unspecified atom stereocenters. The summed E-state index contributed by atoms with van der Waals surface area (Å²) >= 11 is 0. The molecular weight excluding hydrogens is 335 g/mol. The van der Waals surface area contributed by atoms with Crippen LogP contribution < -0.4 is 148 Å². The average molecular weight is 337 g/mol. The number of rotatable bonds is 2. The molecule has 0 amide bonds. The molecule has 0 saturated carbocycles. The van der Waals surface area contributed by atoms with Crippen molar-refractivity contribution in [2.45, 2.75) is 0 Å². The van der Waals surface area contributed by atoms with Crippen LogP contribution in [-0.2, 0) is 4.57 Å². The van der Waals surface area contributed by atoms with Gasteiger partial charge in [0.25, 0.3) is 0 Å². The Kier molecular flexibility index (Phi) is 40.9. The Hall–Kier alpha value is 4.11. The summed E-state index contributed by atoms with van der Waals surface area (Å²) in [5, 5.41) is 18.2. The molecule has 3 nitrogen and oxygen atoms in total. The van der Waals surface area contributed by atoms with Gasteiger partial charge in [0.05, 0.1) is 0 Å². The summed E-state index contributed by atoms with van der Waals surface area (Å²) in [5.41, 5.74) is 0. The third kappa shape index (κ3) is 17.8. The predicted molar refractivity (Wildman–Crippen MR) is 15.4 cm³/mol. The largest absolute Gasteiger partial charge is 1.00 e. The van der Waals surface area contributed by atoms with Gasteiger partial charge in [0, 0.05) is 0 Å². The van der Waals surface area contributed by atoms with Crippen LogP contribution >= 0.6 is 0 Å². The summed E-state index contributed by atoms with van der Waals surface area (Å²) < 4.78 is 3.72. The number of hydrogen-bond acceptors (Lipinski definition) is 3. The van der Waals surface area contributed by atoms with Crippen LogP contribution in [0.25, 0.3) is 0 Å². The maximum Gasteiger partial charge on any atom is 1.00 e. The Labute approximate surface area is 162 Å². The minimum absolute atomic E-state index is 0. The van der Waals surface area contributed by atoms with Crippen molar-refractivity contribution in [2.24, 2.45) is 0 Å². The summed E-state index contributed by atoms with van der Waals surface area (Å²) in [5.74, 6) is 0. The van der Waals surface area contributed by atoms with Crippen LogP contribution in [-0.4, -0.2) is 15.4 Å². The van der Waals surface area contributed by atoms with Crippen LogP contribution in [0.2, 0.25) is 0 Å². The van der Waals surface area contributed by atoms with E-state index in [4.69, 9.17) is 10.0 Å². The Morgan fingerprint density at radius 1 is 1.00 bits per heavy atom. The van der Waals surface area contributed by atoms with E-state index in [9.17, 15) is 0 Å². The second-order valence-corrected chi connectivity index (χ2v) is 0.440. The van der Waals surface area contributed by atoms with Crippen LogP contribution in [0.1, 0.15) is 0 Å². The van der Waals surface area contributed by atoms with Crippen molar-refractivity contribution in [1.29, 1.82) is 0 Å². The fraction of sp³-hybridized carbons (Fsp3) is 0. The molecule has 0 atom stereocenters. The molecule has 7 heavy (non-hydrogen) atoms. The Morgan fingerprint density at radius 3 is 1.29 bits per heavy atom. The monoisotopic (exact) mass is 338 g/mol. The fourth-order valence-electron chi connectivity index (χ4n) is 0.0340. The zero-order valence-electron chi connectivity index (χ0n) is 4.64. The van der Waals surface area contributed by atoms with Crippen molar-refractivity contribution in [3.8, 4) is 0 Å². The smallest absolute Gasteiger partial charge is 0.861 e. The predicted octanol–water partition coefficient (Wildman–Crippen LogP) is -9.74. The molecule has 0 aromatic rings. The third-order valence-corrected chi connectivity index (χ3v) is 0.167. The van der Waals surface area contributed by atoms with Gasteiger partial charge in [-0.25, -0.2) is 0 Å². The molecule has 0 aliphatic carbocycles. The average Bonchev–Trinajstić information content (AvgIpc) is 1.41. The van der Waals surface area contributed by atoms with Gasteiger partial charge in [-0.05, 0) is 0 Å². The molecule has 0 saturated heterocycles. The summed E-state index contributed by atoms with van der Waals surface area (Å²) in [6.45, 7) is 0. The van der Waals surface area contributed by atoms with Gasteiger partial charge in [-0.1, -0.05) is 0 Å². The first kappa shape index (κ1) is 17.3. The zero-order valence-corrected chi connectivity index (χ0v) is 17.2. The molecule has 0 aliphatic rings. The molecule has 28 valence electrons. The van der Waals surface area contributed by atoms with Crippen LogP contribution in [0.3, 0.4) is 0 Å². The van der Waals surface area contributed by atoms with Crippen molar-refractivity contribution in [3.63, 3.8) is 0 Å². The van der Waals surface area contributed by atoms with Crippen molar-refractivity contribution in [1.82, 2.24) is 0 Å². The minimum Gasteiger partial charge on any atom is -0.861 e. The van der Waals surface area contributed by atoms with Gasteiger partial charge in [-0.15, -0.1) is 0 Å². The van der Waals surface area contributed by atoms with Crippen molar-refractivity contribution >= 4 is 15.4 Å². The summed E-state index contributed by atoms with van der Waals surface area (Å²) in [6.07, 6.45) is 0. The van der Waals surface area contributed by atoms with E-state index in [1.807, 2.05) is 0 Å². The molecule has 7 heteroatoms. The first-order valence-electron chi connectivity index (χ1n) is 1.15. The van der Waals surface area contributed by atoms with E-state index >= 15 is 0 Å². The van der Waals surface area contributed by atoms with Gasteiger partial charge >= 0.3 is 138 Å². The van der Waals surface area contributed by atoms with Gasteiger partial charge < -0.3 is 14.6 Å². The van der Waals surface area contributed by atoms with Gasteiger partial charge in [-0.2, -0.15) is 0 Å². The van der Waals surface area contributed by atoms with Crippen LogP contribution in [0.5, 0.6) is 0 Å². The van der Waals surface area contributed by atoms with E-state index in [0.29, 0.717) is 0 Å². The molecular formula is H2B2Cs2O3. The number of hydrogen-bond donors (Lipinski definition) is 0. The minimum atomic E-state index is -0.719. The van der Waals surface area contributed by atoms with Crippen molar-refractivity contribution < 1.29 is 152 Å². The van der Waals surface area contributed by atoms with E-state index in [1.54, 1.807) is 0 Å². The molecule has 0 aromatic heterocycles. The van der Waals surface area contributed by atoms with E-state index in [2.05, 4.69) is 4.57 Å². The second-order valence-electron chi connectivity index (χ2n) is 0.440. The standard InChI is InChI=1S/B2H2O3.2Cs/c3-1-5-2-4;;/h1-2H;;/q-2;2*+1. The molecule has 0 radical (unpaired) electrons. The van der Waals surface area contributed by atoms with Crippen LogP contribution in [0, 0.1) is 0 Å². The Bertz CT molecular complexity index is 18.4. The Balaban J connectivity index is -0.0000000800. The first-order chi connectivity index (χ1) is 2.41. The third-order valence-electron chi connectivity index (χ3n) is 0.167. The summed E-state index contributed by atoms with van der Waals surface area (Å²) in [4.78, 5) is 0. The fourth-order valence-corrected chi connectivity index (χ4v) is 0.0340. The summed E-state index contributed by atoms with van der Waals surface area (Å²) in [7, 11) is -1.44. The van der Waals surface area contributed by atoms with Gasteiger partial charge in [0.1, 0.15) is 15.4 Å².